The third kappa shape index (κ3) is 3.85. The fraction of sp³-hybridized carbons (Fsp3) is 0.455. The van der Waals surface area contributed by atoms with E-state index >= 15 is 0 Å². The highest BCUT2D eigenvalue weighted by molar-refractivity contribution is 7.89. The van der Waals surface area contributed by atoms with Crippen molar-refractivity contribution in [3.8, 4) is 0 Å². The van der Waals surface area contributed by atoms with Crippen molar-refractivity contribution in [1.82, 2.24) is 10.0 Å². The average Bonchev–Trinajstić information content (AvgIpc) is 2.28. The van der Waals surface area contributed by atoms with E-state index in [4.69, 9.17) is 0 Å². The number of piperidine rings is 1. The maximum Gasteiger partial charge on any atom is 0.246 e. The Kier molecular flexibility index (Phi) is 5.66. The van der Waals surface area contributed by atoms with Crippen LogP contribution >= 0.6 is 12.4 Å². The summed E-state index contributed by atoms with van der Waals surface area (Å²) >= 11 is 0. The van der Waals surface area contributed by atoms with Crippen molar-refractivity contribution in [3.05, 3.63) is 29.8 Å². The SMILES string of the molecule is Cl.O=S(=O)(NC1CCCNC1)c1c(F)cccc1F. The zero-order valence-corrected chi connectivity index (χ0v) is 11.7. The van der Waals surface area contributed by atoms with Crippen molar-refractivity contribution in [2.75, 3.05) is 13.1 Å². The summed E-state index contributed by atoms with van der Waals surface area (Å²) in [5, 5.41) is 3.02. The van der Waals surface area contributed by atoms with Crippen LogP contribution in [0.3, 0.4) is 0 Å². The molecule has 1 aromatic carbocycles. The summed E-state index contributed by atoms with van der Waals surface area (Å²) in [5.41, 5.74) is 0. The first-order chi connectivity index (χ1) is 8.50. The molecule has 0 amide bonds. The first-order valence-electron chi connectivity index (χ1n) is 5.68. The van der Waals surface area contributed by atoms with Crippen molar-refractivity contribution in [2.24, 2.45) is 0 Å². The van der Waals surface area contributed by atoms with Gasteiger partial charge in [-0.15, -0.1) is 12.4 Å². The molecule has 0 bridgehead atoms. The summed E-state index contributed by atoms with van der Waals surface area (Å²) < 4.78 is 53.0. The first-order valence-corrected chi connectivity index (χ1v) is 7.16. The standard InChI is InChI=1S/C11H14F2N2O2S.ClH/c12-9-4-1-5-10(13)11(9)18(16,17)15-8-3-2-6-14-7-8;/h1,4-5,8,14-15H,2-3,6-7H2;1H. The number of benzene rings is 1. The molecule has 8 heteroatoms. The maximum absolute atomic E-state index is 13.4. The smallest absolute Gasteiger partial charge is 0.246 e. The van der Waals surface area contributed by atoms with E-state index in [1.807, 2.05) is 0 Å². The van der Waals surface area contributed by atoms with Gasteiger partial charge >= 0.3 is 0 Å². The van der Waals surface area contributed by atoms with Crippen LogP contribution in [0.2, 0.25) is 0 Å². The van der Waals surface area contributed by atoms with Gasteiger partial charge in [-0.2, -0.15) is 0 Å². The lowest BCUT2D eigenvalue weighted by Gasteiger charge is -2.23. The molecule has 1 aromatic rings. The highest BCUT2D eigenvalue weighted by Crippen LogP contribution is 2.19. The second kappa shape index (κ2) is 6.60. The molecule has 1 aliphatic heterocycles. The van der Waals surface area contributed by atoms with Crippen molar-refractivity contribution >= 4 is 22.4 Å². The predicted molar refractivity (Wildman–Crippen MR) is 69.8 cm³/mol. The van der Waals surface area contributed by atoms with Crippen molar-refractivity contribution in [1.29, 1.82) is 0 Å². The molecule has 1 heterocycles. The summed E-state index contributed by atoms with van der Waals surface area (Å²) in [6, 6.07) is 2.65. The van der Waals surface area contributed by atoms with E-state index in [9.17, 15) is 17.2 Å². The van der Waals surface area contributed by atoms with Crippen LogP contribution in [-0.4, -0.2) is 27.5 Å². The number of nitrogens with one attached hydrogen (secondary N) is 2. The first kappa shape index (κ1) is 16.3. The molecule has 4 nitrogen and oxygen atoms in total. The minimum Gasteiger partial charge on any atom is -0.315 e. The van der Waals surface area contributed by atoms with Crippen LogP contribution in [0.4, 0.5) is 8.78 Å². The second-order valence-electron chi connectivity index (χ2n) is 4.22. The van der Waals surface area contributed by atoms with Crippen LogP contribution in [0.25, 0.3) is 0 Å². The summed E-state index contributed by atoms with van der Waals surface area (Å²) in [6.07, 6.45) is 1.48. The van der Waals surface area contributed by atoms with E-state index in [1.54, 1.807) is 0 Å². The van der Waals surface area contributed by atoms with Gasteiger partial charge in [-0.1, -0.05) is 6.07 Å². The number of halogens is 3. The molecular formula is C11H15ClF2N2O2S. The van der Waals surface area contributed by atoms with Crippen molar-refractivity contribution < 1.29 is 17.2 Å². The van der Waals surface area contributed by atoms with Gasteiger partial charge in [0.15, 0.2) is 4.90 Å². The van der Waals surface area contributed by atoms with Crippen LogP contribution in [0.15, 0.2) is 23.1 Å². The Hall–Kier alpha value is -0.760. The fourth-order valence-electron chi connectivity index (χ4n) is 1.97. The Balaban J connectivity index is 0.00000180. The molecule has 1 saturated heterocycles. The molecule has 1 atom stereocenters. The minimum absolute atomic E-state index is 0. The van der Waals surface area contributed by atoms with Gasteiger partial charge in [0.1, 0.15) is 11.6 Å². The summed E-state index contributed by atoms with van der Waals surface area (Å²) in [7, 11) is -4.16. The summed E-state index contributed by atoms with van der Waals surface area (Å²) in [5.74, 6) is -2.16. The minimum atomic E-state index is -4.16. The molecule has 0 aromatic heterocycles. The molecule has 0 spiro atoms. The quantitative estimate of drug-likeness (QED) is 0.887. The van der Waals surface area contributed by atoms with Crippen LogP contribution in [0.5, 0.6) is 0 Å². The van der Waals surface area contributed by atoms with Gasteiger partial charge in [0, 0.05) is 12.6 Å². The van der Waals surface area contributed by atoms with Crippen molar-refractivity contribution in [3.63, 3.8) is 0 Å². The third-order valence-electron chi connectivity index (χ3n) is 2.81. The molecule has 1 fully saturated rings. The van der Waals surface area contributed by atoms with Gasteiger partial charge in [-0.25, -0.2) is 21.9 Å². The van der Waals surface area contributed by atoms with Crippen LogP contribution in [0.1, 0.15) is 12.8 Å². The Labute approximate surface area is 117 Å². The zero-order chi connectivity index (χ0) is 13.2. The van der Waals surface area contributed by atoms with Gasteiger partial charge < -0.3 is 5.32 Å². The topological polar surface area (TPSA) is 58.2 Å². The summed E-state index contributed by atoms with van der Waals surface area (Å²) in [4.78, 5) is -0.907. The fourth-order valence-corrected chi connectivity index (χ4v) is 3.38. The van der Waals surface area contributed by atoms with Crippen molar-refractivity contribution in [2.45, 2.75) is 23.8 Å². The van der Waals surface area contributed by atoms with Gasteiger partial charge in [0.05, 0.1) is 0 Å². The molecule has 108 valence electrons. The Morgan fingerprint density at radius 2 is 1.89 bits per heavy atom. The second-order valence-corrected chi connectivity index (χ2v) is 5.87. The Bertz CT molecular complexity index is 513. The monoisotopic (exact) mass is 312 g/mol. The van der Waals surface area contributed by atoms with Crippen LogP contribution < -0.4 is 10.0 Å². The Morgan fingerprint density at radius 3 is 2.42 bits per heavy atom. The lowest BCUT2D eigenvalue weighted by atomic mass is 10.1. The normalized spacial score (nSPS) is 19.8. The highest BCUT2D eigenvalue weighted by Gasteiger charge is 2.27. The highest BCUT2D eigenvalue weighted by atomic mass is 35.5. The molecule has 1 unspecified atom stereocenters. The third-order valence-corrected chi connectivity index (χ3v) is 4.38. The molecule has 0 aliphatic carbocycles. The number of rotatable bonds is 3. The molecule has 19 heavy (non-hydrogen) atoms. The largest absolute Gasteiger partial charge is 0.315 e. The van der Waals surface area contributed by atoms with Crippen LogP contribution in [0, 0.1) is 11.6 Å². The van der Waals surface area contributed by atoms with Gasteiger partial charge in [-0.3, -0.25) is 0 Å². The molecule has 0 saturated carbocycles. The zero-order valence-electron chi connectivity index (χ0n) is 10.0. The van der Waals surface area contributed by atoms with E-state index in [0.717, 1.165) is 31.2 Å². The predicted octanol–water partition coefficient (Wildman–Crippen LogP) is 1.42. The molecule has 2 rings (SSSR count). The van der Waals surface area contributed by atoms with Crippen LogP contribution in [-0.2, 0) is 10.0 Å². The van der Waals surface area contributed by atoms with E-state index in [-0.39, 0.29) is 18.4 Å². The lowest BCUT2D eigenvalue weighted by molar-refractivity contribution is 0.425. The van der Waals surface area contributed by atoms with E-state index in [2.05, 4.69) is 10.0 Å². The number of sulfonamides is 1. The molecule has 0 radical (unpaired) electrons. The average molecular weight is 313 g/mol. The molecule has 1 aliphatic rings. The van der Waals surface area contributed by atoms with Gasteiger partial charge in [0.25, 0.3) is 0 Å². The maximum atomic E-state index is 13.4. The van der Waals surface area contributed by atoms with Gasteiger partial charge in [-0.05, 0) is 31.5 Å². The lowest BCUT2D eigenvalue weighted by Crippen LogP contribution is -2.45. The summed E-state index contributed by atoms with van der Waals surface area (Å²) in [6.45, 7) is 1.29. The molecule has 2 N–H and O–H groups in total. The number of hydrogen-bond acceptors (Lipinski definition) is 3. The Morgan fingerprint density at radius 1 is 1.26 bits per heavy atom. The van der Waals surface area contributed by atoms with E-state index < -0.39 is 26.6 Å². The number of hydrogen-bond donors (Lipinski definition) is 2. The van der Waals surface area contributed by atoms with Gasteiger partial charge in [0.2, 0.25) is 10.0 Å². The van der Waals surface area contributed by atoms with E-state index in [1.165, 1.54) is 0 Å². The molecular weight excluding hydrogens is 298 g/mol. The van der Waals surface area contributed by atoms with E-state index in [0.29, 0.717) is 13.0 Å².